The SMILES string of the molecule is OC1(c2ccccc2C(F)(F)F)CCc2ccccc2C1. The lowest BCUT2D eigenvalue weighted by Crippen LogP contribution is -2.35. The summed E-state index contributed by atoms with van der Waals surface area (Å²) in [5.41, 5.74) is -0.200. The molecular formula is C17H15F3O. The molecule has 0 bridgehead atoms. The van der Waals surface area contributed by atoms with Crippen LogP contribution in [0, 0.1) is 0 Å². The van der Waals surface area contributed by atoms with E-state index in [1.54, 1.807) is 6.07 Å². The van der Waals surface area contributed by atoms with E-state index in [0.717, 1.165) is 17.2 Å². The van der Waals surface area contributed by atoms with Crippen LogP contribution in [0.1, 0.15) is 28.7 Å². The van der Waals surface area contributed by atoms with Crippen LogP contribution in [0.15, 0.2) is 48.5 Å². The number of halogens is 3. The van der Waals surface area contributed by atoms with Gasteiger partial charge < -0.3 is 5.11 Å². The largest absolute Gasteiger partial charge is 0.416 e. The van der Waals surface area contributed by atoms with Gasteiger partial charge >= 0.3 is 6.18 Å². The van der Waals surface area contributed by atoms with Crippen LogP contribution in [0.2, 0.25) is 0 Å². The van der Waals surface area contributed by atoms with E-state index in [1.807, 2.05) is 24.3 Å². The molecule has 0 spiro atoms. The van der Waals surface area contributed by atoms with Crippen molar-refractivity contribution in [2.75, 3.05) is 0 Å². The van der Waals surface area contributed by atoms with E-state index in [1.165, 1.54) is 12.1 Å². The second kappa shape index (κ2) is 4.88. The molecule has 0 aromatic heterocycles. The van der Waals surface area contributed by atoms with Crippen molar-refractivity contribution < 1.29 is 18.3 Å². The molecule has 0 saturated heterocycles. The normalized spacial score (nSPS) is 21.9. The van der Waals surface area contributed by atoms with E-state index < -0.39 is 17.3 Å². The van der Waals surface area contributed by atoms with Crippen LogP contribution >= 0.6 is 0 Å². The summed E-state index contributed by atoms with van der Waals surface area (Å²) >= 11 is 0. The van der Waals surface area contributed by atoms with Gasteiger partial charge in [-0.3, -0.25) is 0 Å². The van der Waals surface area contributed by atoms with E-state index >= 15 is 0 Å². The maximum atomic E-state index is 13.2. The average Bonchev–Trinajstić information content (AvgIpc) is 2.46. The second-order valence-electron chi connectivity index (χ2n) is 5.52. The van der Waals surface area contributed by atoms with Gasteiger partial charge in [0.2, 0.25) is 0 Å². The minimum absolute atomic E-state index is 0.0213. The number of hydrogen-bond donors (Lipinski definition) is 1. The highest BCUT2D eigenvalue weighted by molar-refractivity contribution is 5.40. The third-order valence-electron chi connectivity index (χ3n) is 4.14. The Balaban J connectivity index is 2.06. The summed E-state index contributed by atoms with van der Waals surface area (Å²) in [6.07, 6.45) is -3.35. The van der Waals surface area contributed by atoms with Crippen molar-refractivity contribution >= 4 is 0 Å². The highest BCUT2D eigenvalue weighted by atomic mass is 19.4. The Hall–Kier alpha value is -1.81. The Morgan fingerprint density at radius 2 is 1.52 bits per heavy atom. The van der Waals surface area contributed by atoms with Crippen molar-refractivity contribution in [3.8, 4) is 0 Å². The highest BCUT2D eigenvalue weighted by Crippen LogP contribution is 2.42. The molecule has 2 aromatic carbocycles. The van der Waals surface area contributed by atoms with Crippen LogP contribution in [-0.2, 0) is 24.6 Å². The first kappa shape index (κ1) is 14.1. The molecule has 4 heteroatoms. The maximum Gasteiger partial charge on any atom is 0.416 e. The number of aliphatic hydroxyl groups is 1. The summed E-state index contributed by atoms with van der Waals surface area (Å²) in [6.45, 7) is 0. The van der Waals surface area contributed by atoms with Crippen molar-refractivity contribution in [2.24, 2.45) is 0 Å². The zero-order valence-electron chi connectivity index (χ0n) is 11.3. The average molecular weight is 292 g/mol. The topological polar surface area (TPSA) is 20.2 Å². The standard InChI is InChI=1S/C17H15F3O/c18-17(19,20)15-8-4-3-7-14(15)16(21)10-9-12-5-1-2-6-13(12)11-16/h1-8,21H,9-11H2. The van der Waals surface area contributed by atoms with Crippen molar-refractivity contribution in [3.63, 3.8) is 0 Å². The molecule has 1 atom stereocenters. The minimum Gasteiger partial charge on any atom is -0.385 e. The van der Waals surface area contributed by atoms with Gasteiger partial charge in [-0.25, -0.2) is 0 Å². The van der Waals surface area contributed by atoms with E-state index in [0.29, 0.717) is 12.8 Å². The van der Waals surface area contributed by atoms with Crippen molar-refractivity contribution in [3.05, 3.63) is 70.8 Å². The first-order valence-corrected chi connectivity index (χ1v) is 6.86. The monoisotopic (exact) mass is 292 g/mol. The number of aryl methyl sites for hydroxylation is 1. The molecule has 0 radical (unpaired) electrons. The van der Waals surface area contributed by atoms with Gasteiger partial charge in [-0.2, -0.15) is 13.2 Å². The smallest absolute Gasteiger partial charge is 0.385 e. The molecule has 0 saturated carbocycles. The Labute approximate surface area is 121 Å². The van der Waals surface area contributed by atoms with Crippen LogP contribution in [0.5, 0.6) is 0 Å². The van der Waals surface area contributed by atoms with Crippen molar-refractivity contribution in [2.45, 2.75) is 31.0 Å². The molecule has 0 fully saturated rings. The van der Waals surface area contributed by atoms with Crippen LogP contribution in [0.3, 0.4) is 0 Å². The van der Waals surface area contributed by atoms with Gasteiger partial charge in [0.05, 0.1) is 11.2 Å². The minimum atomic E-state index is -4.46. The zero-order valence-corrected chi connectivity index (χ0v) is 11.3. The number of alkyl halides is 3. The predicted molar refractivity (Wildman–Crippen MR) is 73.8 cm³/mol. The second-order valence-corrected chi connectivity index (χ2v) is 5.52. The molecule has 21 heavy (non-hydrogen) atoms. The van der Waals surface area contributed by atoms with Gasteiger partial charge in [-0.1, -0.05) is 42.5 Å². The summed E-state index contributed by atoms with van der Waals surface area (Å²) < 4.78 is 39.5. The molecule has 0 amide bonds. The molecule has 0 heterocycles. The summed E-state index contributed by atoms with van der Waals surface area (Å²) in [6, 6.07) is 12.9. The molecule has 1 unspecified atom stereocenters. The number of fused-ring (bicyclic) bond motifs is 1. The van der Waals surface area contributed by atoms with Gasteiger partial charge in [0.25, 0.3) is 0 Å². The maximum absolute atomic E-state index is 13.2. The Bertz CT molecular complexity index is 663. The molecule has 2 aromatic rings. The van der Waals surface area contributed by atoms with Crippen LogP contribution in [0.25, 0.3) is 0 Å². The van der Waals surface area contributed by atoms with E-state index in [9.17, 15) is 18.3 Å². The van der Waals surface area contributed by atoms with Gasteiger partial charge in [-0.15, -0.1) is 0 Å². The molecular weight excluding hydrogens is 277 g/mol. The van der Waals surface area contributed by atoms with E-state index in [-0.39, 0.29) is 12.0 Å². The number of hydrogen-bond acceptors (Lipinski definition) is 1. The Kier molecular flexibility index (Phi) is 3.29. The highest BCUT2D eigenvalue weighted by Gasteiger charge is 2.42. The summed E-state index contributed by atoms with van der Waals surface area (Å²) in [5.74, 6) is 0. The zero-order chi connectivity index (χ0) is 15.1. The van der Waals surface area contributed by atoms with Gasteiger partial charge in [0, 0.05) is 6.42 Å². The number of benzene rings is 2. The fraction of sp³-hybridized carbons (Fsp3) is 0.294. The molecule has 1 aliphatic carbocycles. The number of rotatable bonds is 1. The van der Waals surface area contributed by atoms with Crippen LogP contribution in [0.4, 0.5) is 13.2 Å². The first-order valence-electron chi connectivity index (χ1n) is 6.86. The van der Waals surface area contributed by atoms with E-state index in [2.05, 4.69) is 0 Å². The summed E-state index contributed by atoms with van der Waals surface area (Å²) in [7, 11) is 0. The first-order chi connectivity index (χ1) is 9.90. The lowest BCUT2D eigenvalue weighted by atomic mass is 9.75. The summed E-state index contributed by atoms with van der Waals surface area (Å²) in [5, 5.41) is 10.8. The third kappa shape index (κ3) is 2.56. The lowest BCUT2D eigenvalue weighted by Gasteiger charge is -2.35. The molecule has 0 aliphatic heterocycles. The molecule has 1 nitrogen and oxygen atoms in total. The molecule has 110 valence electrons. The molecule has 3 rings (SSSR count). The van der Waals surface area contributed by atoms with Crippen LogP contribution < -0.4 is 0 Å². The molecule has 1 N–H and O–H groups in total. The fourth-order valence-electron chi connectivity index (χ4n) is 3.08. The van der Waals surface area contributed by atoms with E-state index in [4.69, 9.17) is 0 Å². The van der Waals surface area contributed by atoms with Gasteiger partial charge in [-0.05, 0) is 35.6 Å². The molecule has 1 aliphatic rings. The predicted octanol–water partition coefficient (Wildman–Crippen LogP) is 4.08. The Morgan fingerprint density at radius 3 is 2.24 bits per heavy atom. The quantitative estimate of drug-likeness (QED) is 0.839. The Morgan fingerprint density at radius 1 is 0.905 bits per heavy atom. The fourth-order valence-corrected chi connectivity index (χ4v) is 3.08. The van der Waals surface area contributed by atoms with Crippen molar-refractivity contribution in [1.29, 1.82) is 0 Å². The summed E-state index contributed by atoms with van der Waals surface area (Å²) in [4.78, 5) is 0. The van der Waals surface area contributed by atoms with Gasteiger partial charge in [0.1, 0.15) is 0 Å². The van der Waals surface area contributed by atoms with Crippen molar-refractivity contribution in [1.82, 2.24) is 0 Å². The van der Waals surface area contributed by atoms with Gasteiger partial charge in [0.15, 0.2) is 0 Å². The lowest BCUT2D eigenvalue weighted by molar-refractivity contribution is -0.141. The van der Waals surface area contributed by atoms with Crippen LogP contribution in [-0.4, -0.2) is 5.11 Å². The third-order valence-corrected chi connectivity index (χ3v) is 4.14.